The summed E-state index contributed by atoms with van der Waals surface area (Å²) in [6, 6.07) is 5.46. The Hall–Kier alpha value is -1.17. The number of rotatable bonds is 5. The molecule has 0 aliphatic rings. The number of anilines is 1. The summed E-state index contributed by atoms with van der Waals surface area (Å²) >= 11 is 12.7. The van der Waals surface area contributed by atoms with Gasteiger partial charge in [0.25, 0.3) is 0 Å². The van der Waals surface area contributed by atoms with Crippen LogP contribution in [0.1, 0.15) is 23.4 Å². The average Bonchev–Trinajstić information content (AvgIpc) is 2.89. The predicted molar refractivity (Wildman–Crippen MR) is 86.4 cm³/mol. The highest BCUT2D eigenvalue weighted by molar-refractivity contribution is 7.80. The average molecular weight is 312 g/mol. The number of nitrogens with zero attached hydrogens (tertiary/aromatic N) is 1. The summed E-state index contributed by atoms with van der Waals surface area (Å²) < 4.78 is 0. The molecule has 1 aromatic heterocycles. The molecular formula is C13H14ClN3S2. The minimum Gasteiger partial charge on any atom is -0.389 e. The number of thiazole rings is 1. The third-order valence-electron chi connectivity index (χ3n) is 2.72. The summed E-state index contributed by atoms with van der Waals surface area (Å²) in [6.45, 7) is 2.88. The molecule has 0 bridgehead atoms. The molecular weight excluding hydrogens is 298 g/mol. The number of nitrogens with one attached hydrogen (secondary N) is 1. The van der Waals surface area contributed by atoms with Crippen molar-refractivity contribution in [3.05, 3.63) is 45.4 Å². The van der Waals surface area contributed by atoms with E-state index < -0.39 is 0 Å². The van der Waals surface area contributed by atoms with E-state index >= 15 is 0 Å². The quantitative estimate of drug-likeness (QED) is 0.828. The summed E-state index contributed by atoms with van der Waals surface area (Å²) in [5.41, 5.74) is 7.38. The maximum absolute atomic E-state index is 6.00. The van der Waals surface area contributed by atoms with Gasteiger partial charge in [-0.05, 0) is 18.2 Å². The van der Waals surface area contributed by atoms with Crippen molar-refractivity contribution in [2.45, 2.75) is 12.8 Å². The van der Waals surface area contributed by atoms with Crippen LogP contribution < -0.4 is 11.1 Å². The topological polar surface area (TPSA) is 50.9 Å². The lowest BCUT2D eigenvalue weighted by Crippen LogP contribution is -2.16. The van der Waals surface area contributed by atoms with Gasteiger partial charge in [0.05, 0.1) is 5.01 Å². The number of aromatic nitrogens is 1. The first-order chi connectivity index (χ1) is 9.08. The smallest absolute Gasteiger partial charge is 0.106 e. The number of benzene rings is 1. The number of halogens is 1. The first kappa shape index (κ1) is 14.2. The number of nitrogens with two attached hydrogens (primary N) is 1. The van der Waals surface area contributed by atoms with Gasteiger partial charge in [0, 0.05) is 40.3 Å². The SMILES string of the molecule is CC(CNc1cc(Cl)ccc1C(N)=S)c1nccs1. The zero-order valence-electron chi connectivity index (χ0n) is 10.4. The Balaban J connectivity index is 2.10. The number of thiocarbonyl (C=S) groups is 1. The zero-order valence-corrected chi connectivity index (χ0v) is 12.8. The van der Waals surface area contributed by atoms with Gasteiger partial charge in [0.15, 0.2) is 0 Å². The molecule has 2 rings (SSSR count). The molecule has 0 fully saturated rings. The Labute approximate surface area is 126 Å². The van der Waals surface area contributed by atoms with Crippen molar-refractivity contribution in [2.75, 3.05) is 11.9 Å². The Morgan fingerprint density at radius 2 is 2.37 bits per heavy atom. The van der Waals surface area contributed by atoms with Gasteiger partial charge >= 0.3 is 0 Å². The third kappa shape index (κ3) is 3.65. The number of hydrogen-bond acceptors (Lipinski definition) is 4. The lowest BCUT2D eigenvalue weighted by molar-refractivity contribution is 0.795. The van der Waals surface area contributed by atoms with E-state index in [0.29, 0.717) is 15.9 Å². The highest BCUT2D eigenvalue weighted by Gasteiger charge is 2.10. The summed E-state index contributed by atoms with van der Waals surface area (Å²) in [5, 5.41) is 7.08. The Morgan fingerprint density at radius 1 is 1.58 bits per heavy atom. The Morgan fingerprint density at radius 3 is 3.00 bits per heavy atom. The van der Waals surface area contributed by atoms with Gasteiger partial charge in [-0.3, -0.25) is 0 Å². The Kier molecular flexibility index (Phi) is 4.74. The summed E-state index contributed by atoms with van der Waals surface area (Å²) in [5.74, 6) is 0.318. The summed E-state index contributed by atoms with van der Waals surface area (Å²) in [6.07, 6.45) is 1.82. The molecule has 0 amide bonds. The van der Waals surface area contributed by atoms with Crippen LogP contribution >= 0.6 is 35.2 Å². The second-order valence-electron chi connectivity index (χ2n) is 4.21. The molecule has 1 aromatic carbocycles. The minimum absolute atomic E-state index is 0.318. The fraction of sp³-hybridized carbons (Fsp3) is 0.231. The summed E-state index contributed by atoms with van der Waals surface area (Å²) in [4.78, 5) is 4.67. The molecule has 19 heavy (non-hydrogen) atoms. The largest absolute Gasteiger partial charge is 0.389 e. The van der Waals surface area contributed by atoms with Crippen LogP contribution in [0.5, 0.6) is 0 Å². The molecule has 1 heterocycles. The van der Waals surface area contributed by atoms with Crippen LogP contribution in [0, 0.1) is 0 Å². The maximum atomic E-state index is 6.00. The highest BCUT2D eigenvalue weighted by atomic mass is 35.5. The van der Waals surface area contributed by atoms with Gasteiger partial charge in [-0.25, -0.2) is 4.98 Å². The standard InChI is InChI=1S/C13H14ClN3S2/c1-8(13-16-4-5-19-13)7-17-11-6-9(14)2-3-10(11)12(15)18/h2-6,8,17H,7H2,1H3,(H2,15,18). The van der Waals surface area contributed by atoms with Crippen molar-refractivity contribution in [1.82, 2.24) is 4.98 Å². The Bertz CT molecular complexity index is 569. The monoisotopic (exact) mass is 311 g/mol. The van der Waals surface area contributed by atoms with Crippen LogP contribution in [0.25, 0.3) is 0 Å². The van der Waals surface area contributed by atoms with Crippen molar-refractivity contribution in [2.24, 2.45) is 5.73 Å². The van der Waals surface area contributed by atoms with Crippen molar-refractivity contribution in [3.8, 4) is 0 Å². The van der Waals surface area contributed by atoms with Gasteiger partial charge in [-0.1, -0.05) is 30.7 Å². The first-order valence-electron chi connectivity index (χ1n) is 5.80. The molecule has 1 atom stereocenters. The van der Waals surface area contributed by atoms with Gasteiger partial charge in [0.1, 0.15) is 4.99 Å². The van der Waals surface area contributed by atoms with Crippen LogP contribution in [0.4, 0.5) is 5.69 Å². The molecule has 3 N–H and O–H groups in total. The maximum Gasteiger partial charge on any atom is 0.106 e. The molecule has 0 saturated carbocycles. The molecule has 0 saturated heterocycles. The molecule has 0 spiro atoms. The molecule has 0 aliphatic carbocycles. The van der Waals surface area contributed by atoms with E-state index in [0.717, 1.165) is 22.8 Å². The van der Waals surface area contributed by atoms with Crippen molar-refractivity contribution in [1.29, 1.82) is 0 Å². The normalized spacial score (nSPS) is 12.1. The van der Waals surface area contributed by atoms with E-state index in [2.05, 4.69) is 17.2 Å². The van der Waals surface area contributed by atoms with Crippen molar-refractivity contribution in [3.63, 3.8) is 0 Å². The van der Waals surface area contributed by atoms with E-state index in [1.54, 1.807) is 17.4 Å². The first-order valence-corrected chi connectivity index (χ1v) is 7.47. The molecule has 100 valence electrons. The predicted octanol–water partition coefficient (Wildman–Crippen LogP) is 3.65. The van der Waals surface area contributed by atoms with E-state index in [9.17, 15) is 0 Å². The zero-order chi connectivity index (χ0) is 13.8. The molecule has 0 radical (unpaired) electrons. The summed E-state index contributed by atoms with van der Waals surface area (Å²) in [7, 11) is 0. The van der Waals surface area contributed by atoms with Gasteiger partial charge < -0.3 is 11.1 Å². The number of hydrogen-bond donors (Lipinski definition) is 2. The second kappa shape index (κ2) is 6.32. The molecule has 0 aliphatic heterocycles. The van der Waals surface area contributed by atoms with Gasteiger partial charge in [-0.15, -0.1) is 11.3 Å². The highest BCUT2D eigenvalue weighted by Crippen LogP contribution is 2.23. The fourth-order valence-corrected chi connectivity index (χ4v) is 2.75. The molecule has 2 aromatic rings. The fourth-order valence-electron chi connectivity index (χ4n) is 1.71. The molecule has 1 unspecified atom stereocenters. The van der Waals surface area contributed by atoms with Gasteiger partial charge in [-0.2, -0.15) is 0 Å². The lowest BCUT2D eigenvalue weighted by atomic mass is 10.1. The van der Waals surface area contributed by atoms with Crippen molar-refractivity contribution >= 4 is 45.8 Å². The molecule has 6 heteroatoms. The second-order valence-corrected chi connectivity index (χ2v) is 6.01. The van der Waals surface area contributed by atoms with Crippen LogP contribution in [0.15, 0.2) is 29.8 Å². The van der Waals surface area contributed by atoms with Gasteiger partial charge in [0.2, 0.25) is 0 Å². The van der Waals surface area contributed by atoms with E-state index in [4.69, 9.17) is 29.6 Å². The van der Waals surface area contributed by atoms with Crippen molar-refractivity contribution < 1.29 is 0 Å². The van der Waals surface area contributed by atoms with Crippen LogP contribution in [0.2, 0.25) is 5.02 Å². The molecule has 3 nitrogen and oxygen atoms in total. The van der Waals surface area contributed by atoms with Crippen LogP contribution in [-0.4, -0.2) is 16.5 Å². The third-order valence-corrected chi connectivity index (χ3v) is 4.18. The van der Waals surface area contributed by atoms with E-state index in [1.807, 2.05) is 23.7 Å². The van der Waals surface area contributed by atoms with E-state index in [1.165, 1.54) is 0 Å². The van der Waals surface area contributed by atoms with Crippen LogP contribution in [-0.2, 0) is 0 Å². The lowest BCUT2D eigenvalue weighted by Gasteiger charge is -2.14. The van der Waals surface area contributed by atoms with Crippen LogP contribution in [0.3, 0.4) is 0 Å². The minimum atomic E-state index is 0.318. The van der Waals surface area contributed by atoms with E-state index in [-0.39, 0.29) is 0 Å².